The molecule has 1 aliphatic heterocycles. The third kappa shape index (κ3) is 3.78. The van der Waals surface area contributed by atoms with Crippen LogP contribution in [0, 0.1) is 0 Å². The number of benzene rings is 2. The average Bonchev–Trinajstić information content (AvgIpc) is 2.84. The van der Waals surface area contributed by atoms with Crippen LogP contribution >= 0.6 is 23.2 Å². The highest BCUT2D eigenvalue weighted by Gasteiger charge is 2.30. The van der Waals surface area contributed by atoms with E-state index in [9.17, 15) is 9.59 Å². The Labute approximate surface area is 149 Å². The van der Waals surface area contributed by atoms with Crippen molar-refractivity contribution in [1.82, 2.24) is 10.2 Å². The van der Waals surface area contributed by atoms with Gasteiger partial charge in [0.25, 0.3) is 11.8 Å². The highest BCUT2D eigenvalue weighted by molar-refractivity contribution is 6.30. The van der Waals surface area contributed by atoms with Crippen molar-refractivity contribution in [3.8, 4) is 0 Å². The first-order chi connectivity index (χ1) is 11.5. The SMILES string of the molecule is O=C1C=C(NCc2ccc(Cl)cc2)C(=O)N1Cc1ccc(Cl)cc1. The zero-order valence-corrected chi connectivity index (χ0v) is 14.1. The van der Waals surface area contributed by atoms with E-state index in [0.717, 1.165) is 11.1 Å². The van der Waals surface area contributed by atoms with Crippen LogP contribution < -0.4 is 5.32 Å². The maximum absolute atomic E-state index is 12.4. The number of amides is 2. The Morgan fingerprint density at radius 1 is 0.833 bits per heavy atom. The van der Waals surface area contributed by atoms with Gasteiger partial charge in [0.05, 0.1) is 6.54 Å². The molecule has 0 radical (unpaired) electrons. The zero-order valence-electron chi connectivity index (χ0n) is 12.6. The van der Waals surface area contributed by atoms with Gasteiger partial charge in [-0.05, 0) is 35.4 Å². The lowest BCUT2D eigenvalue weighted by molar-refractivity contribution is -0.138. The minimum absolute atomic E-state index is 0.220. The van der Waals surface area contributed by atoms with Gasteiger partial charge in [-0.25, -0.2) is 0 Å². The number of hydrogen-bond acceptors (Lipinski definition) is 3. The van der Waals surface area contributed by atoms with Gasteiger partial charge in [0, 0.05) is 22.7 Å². The molecule has 4 nitrogen and oxygen atoms in total. The van der Waals surface area contributed by atoms with Crippen LogP contribution in [0.3, 0.4) is 0 Å². The van der Waals surface area contributed by atoms with Gasteiger partial charge < -0.3 is 5.32 Å². The van der Waals surface area contributed by atoms with Crippen LogP contribution in [0.5, 0.6) is 0 Å². The Morgan fingerprint density at radius 3 is 1.96 bits per heavy atom. The Morgan fingerprint density at radius 2 is 1.38 bits per heavy atom. The molecule has 6 heteroatoms. The second-order valence-electron chi connectivity index (χ2n) is 5.39. The van der Waals surface area contributed by atoms with Crippen LogP contribution in [0.15, 0.2) is 60.3 Å². The molecule has 1 N–H and O–H groups in total. The summed E-state index contributed by atoms with van der Waals surface area (Å²) in [5.41, 5.74) is 2.11. The van der Waals surface area contributed by atoms with Crippen LogP contribution in [0.1, 0.15) is 11.1 Å². The second kappa shape index (κ2) is 7.07. The van der Waals surface area contributed by atoms with E-state index in [4.69, 9.17) is 23.2 Å². The van der Waals surface area contributed by atoms with E-state index in [1.54, 1.807) is 36.4 Å². The molecule has 0 aromatic heterocycles. The standard InChI is InChI=1S/C18H14Cl2N2O2/c19-14-5-1-12(2-6-14)10-21-16-9-17(23)22(18(16)24)11-13-3-7-15(20)8-4-13/h1-9,21H,10-11H2. The van der Waals surface area contributed by atoms with Gasteiger partial charge in [0.2, 0.25) is 0 Å². The molecule has 0 spiro atoms. The molecule has 0 aliphatic carbocycles. The lowest BCUT2D eigenvalue weighted by Gasteiger charge is -2.15. The van der Waals surface area contributed by atoms with Crippen molar-refractivity contribution in [2.75, 3.05) is 0 Å². The van der Waals surface area contributed by atoms with E-state index in [-0.39, 0.29) is 18.4 Å². The molecule has 122 valence electrons. The molecule has 0 bridgehead atoms. The molecule has 2 aromatic rings. The number of rotatable bonds is 5. The molecular formula is C18H14Cl2N2O2. The summed E-state index contributed by atoms with van der Waals surface area (Å²) in [7, 11) is 0. The van der Waals surface area contributed by atoms with Crippen LogP contribution in [-0.2, 0) is 22.7 Å². The quantitative estimate of drug-likeness (QED) is 0.829. The van der Waals surface area contributed by atoms with E-state index in [2.05, 4.69) is 5.32 Å². The number of carbonyl (C=O) groups is 2. The zero-order chi connectivity index (χ0) is 17.1. The Kier molecular flexibility index (Phi) is 4.88. The summed E-state index contributed by atoms with van der Waals surface area (Å²) >= 11 is 11.7. The molecule has 1 heterocycles. The topological polar surface area (TPSA) is 49.4 Å². The highest BCUT2D eigenvalue weighted by atomic mass is 35.5. The van der Waals surface area contributed by atoms with Crippen LogP contribution in [-0.4, -0.2) is 16.7 Å². The summed E-state index contributed by atoms with van der Waals surface area (Å²) in [6.45, 7) is 0.661. The number of carbonyl (C=O) groups excluding carboxylic acids is 2. The first-order valence-electron chi connectivity index (χ1n) is 7.33. The van der Waals surface area contributed by atoms with E-state index >= 15 is 0 Å². The lowest BCUT2D eigenvalue weighted by atomic mass is 10.2. The Bertz CT molecular complexity index is 799. The molecule has 2 amide bonds. The number of halogens is 2. The third-order valence-corrected chi connectivity index (χ3v) is 4.16. The average molecular weight is 361 g/mol. The fraction of sp³-hybridized carbons (Fsp3) is 0.111. The summed E-state index contributed by atoms with van der Waals surface area (Å²) in [6.07, 6.45) is 1.33. The Hall–Kier alpha value is -2.30. The van der Waals surface area contributed by atoms with Crippen LogP contribution in [0.2, 0.25) is 10.0 Å². The number of nitrogens with one attached hydrogen (secondary N) is 1. The van der Waals surface area contributed by atoms with Crippen molar-refractivity contribution >= 4 is 35.0 Å². The van der Waals surface area contributed by atoms with Gasteiger partial charge in [-0.2, -0.15) is 0 Å². The fourth-order valence-electron chi connectivity index (χ4n) is 2.36. The molecule has 0 atom stereocenters. The van der Waals surface area contributed by atoms with Crippen LogP contribution in [0.4, 0.5) is 0 Å². The first kappa shape index (κ1) is 16.6. The van der Waals surface area contributed by atoms with Crippen LogP contribution in [0.25, 0.3) is 0 Å². The Balaban J connectivity index is 1.63. The number of imide groups is 1. The number of nitrogens with zero attached hydrogens (tertiary/aromatic N) is 1. The minimum Gasteiger partial charge on any atom is -0.376 e. The molecule has 0 saturated heterocycles. The maximum Gasteiger partial charge on any atom is 0.277 e. The van der Waals surface area contributed by atoms with Gasteiger partial charge in [-0.1, -0.05) is 47.5 Å². The lowest BCUT2D eigenvalue weighted by Crippen LogP contribution is -2.32. The van der Waals surface area contributed by atoms with E-state index < -0.39 is 0 Å². The van der Waals surface area contributed by atoms with E-state index in [1.165, 1.54) is 11.0 Å². The number of hydrogen-bond donors (Lipinski definition) is 1. The van der Waals surface area contributed by atoms with E-state index in [1.807, 2.05) is 12.1 Å². The predicted octanol–water partition coefficient (Wildman–Crippen LogP) is 3.54. The van der Waals surface area contributed by atoms with Gasteiger partial charge in [-0.15, -0.1) is 0 Å². The third-order valence-electron chi connectivity index (χ3n) is 3.66. The predicted molar refractivity (Wildman–Crippen MR) is 93.4 cm³/mol. The van der Waals surface area contributed by atoms with Crippen molar-refractivity contribution in [3.05, 3.63) is 81.5 Å². The van der Waals surface area contributed by atoms with Crippen molar-refractivity contribution < 1.29 is 9.59 Å². The van der Waals surface area contributed by atoms with Gasteiger partial charge in [0.1, 0.15) is 5.70 Å². The molecule has 0 unspecified atom stereocenters. The summed E-state index contributed by atoms with van der Waals surface area (Å²) in [5.74, 6) is -0.655. The molecule has 2 aromatic carbocycles. The molecular weight excluding hydrogens is 347 g/mol. The molecule has 3 rings (SSSR count). The maximum atomic E-state index is 12.4. The van der Waals surface area contributed by atoms with Crippen molar-refractivity contribution in [2.45, 2.75) is 13.1 Å². The van der Waals surface area contributed by atoms with Crippen molar-refractivity contribution in [1.29, 1.82) is 0 Å². The molecule has 24 heavy (non-hydrogen) atoms. The van der Waals surface area contributed by atoms with Gasteiger partial charge in [0.15, 0.2) is 0 Å². The molecule has 0 fully saturated rings. The van der Waals surface area contributed by atoms with E-state index in [0.29, 0.717) is 22.3 Å². The largest absolute Gasteiger partial charge is 0.376 e. The summed E-state index contributed by atoms with van der Waals surface area (Å²) in [4.78, 5) is 25.7. The molecule has 1 aliphatic rings. The van der Waals surface area contributed by atoms with Gasteiger partial charge >= 0.3 is 0 Å². The van der Waals surface area contributed by atoms with Gasteiger partial charge in [-0.3, -0.25) is 14.5 Å². The normalized spacial score (nSPS) is 14.1. The minimum atomic E-state index is -0.330. The highest BCUT2D eigenvalue weighted by Crippen LogP contribution is 2.17. The monoisotopic (exact) mass is 360 g/mol. The molecule has 0 saturated carbocycles. The fourth-order valence-corrected chi connectivity index (χ4v) is 2.61. The van der Waals surface area contributed by atoms with Crippen molar-refractivity contribution in [2.24, 2.45) is 0 Å². The summed E-state index contributed by atoms with van der Waals surface area (Å²) in [5, 5.41) is 4.27. The smallest absolute Gasteiger partial charge is 0.277 e. The first-order valence-corrected chi connectivity index (χ1v) is 8.09. The summed E-state index contributed by atoms with van der Waals surface area (Å²) in [6, 6.07) is 14.3. The van der Waals surface area contributed by atoms with Crippen molar-refractivity contribution in [3.63, 3.8) is 0 Å². The summed E-state index contributed by atoms with van der Waals surface area (Å²) < 4.78 is 0. The second-order valence-corrected chi connectivity index (χ2v) is 6.27.